The predicted molar refractivity (Wildman–Crippen MR) is 116 cm³/mol. The zero-order valence-electron chi connectivity index (χ0n) is 17.9. The number of carboxylic acid groups (broad SMARTS) is 1. The monoisotopic (exact) mass is 409 g/mol. The number of benzene rings is 2. The van der Waals surface area contributed by atoms with Gasteiger partial charge in [-0.15, -0.1) is 0 Å². The molecule has 0 radical (unpaired) electrons. The molecule has 6 nitrogen and oxygen atoms in total. The first-order valence-electron chi connectivity index (χ1n) is 9.88. The van der Waals surface area contributed by atoms with Crippen molar-refractivity contribution in [2.24, 2.45) is 0 Å². The lowest BCUT2D eigenvalue weighted by molar-refractivity contribution is -0.272. The minimum absolute atomic E-state index is 0.336. The summed E-state index contributed by atoms with van der Waals surface area (Å²) in [7, 11) is 1.57. The normalized spacial score (nSPS) is 12.4. The molecule has 0 aliphatic heterocycles. The van der Waals surface area contributed by atoms with Crippen LogP contribution in [-0.2, 0) is 11.2 Å². The fourth-order valence-corrected chi connectivity index (χ4v) is 3.23. The highest BCUT2D eigenvalue weighted by Gasteiger charge is 2.27. The van der Waals surface area contributed by atoms with Gasteiger partial charge in [-0.1, -0.05) is 36.4 Å². The van der Waals surface area contributed by atoms with Crippen molar-refractivity contribution in [3.05, 3.63) is 72.3 Å². The lowest BCUT2D eigenvalue weighted by atomic mass is 9.98. The van der Waals surface area contributed by atoms with Gasteiger partial charge in [0.25, 0.3) is 0 Å². The largest absolute Gasteiger partial charge is 0.530 e. The SMILES string of the molecule is COc1ccc(NC(=O)/C=C/[C@H](CCc2ccccc2)N(C(=O)[O-])C(C)(C)C)cc1. The highest BCUT2D eigenvalue weighted by molar-refractivity contribution is 5.99. The molecule has 160 valence electrons. The number of hydrogen-bond acceptors (Lipinski definition) is 4. The van der Waals surface area contributed by atoms with Crippen LogP contribution in [0.3, 0.4) is 0 Å². The van der Waals surface area contributed by atoms with Crippen LogP contribution >= 0.6 is 0 Å². The first kappa shape index (κ1) is 23.0. The van der Waals surface area contributed by atoms with Crippen molar-refractivity contribution in [2.45, 2.75) is 45.2 Å². The fourth-order valence-electron chi connectivity index (χ4n) is 3.23. The lowest BCUT2D eigenvalue weighted by Crippen LogP contribution is -2.56. The van der Waals surface area contributed by atoms with E-state index in [0.717, 1.165) is 5.56 Å². The molecule has 2 rings (SSSR count). The van der Waals surface area contributed by atoms with Crippen molar-refractivity contribution >= 4 is 17.7 Å². The summed E-state index contributed by atoms with van der Waals surface area (Å²) >= 11 is 0. The number of ether oxygens (including phenoxy) is 1. The molecule has 0 aliphatic rings. The van der Waals surface area contributed by atoms with Crippen LogP contribution in [0, 0.1) is 0 Å². The number of anilines is 1. The van der Waals surface area contributed by atoms with Crippen LogP contribution in [0.4, 0.5) is 10.5 Å². The zero-order valence-corrected chi connectivity index (χ0v) is 17.9. The van der Waals surface area contributed by atoms with Crippen LogP contribution in [0.25, 0.3) is 0 Å². The van der Waals surface area contributed by atoms with Crippen molar-refractivity contribution in [3.8, 4) is 5.75 Å². The molecule has 2 aromatic rings. The Morgan fingerprint density at radius 2 is 1.73 bits per heavy atom. The summed E-state index contributed by atoms with van der Waals surface area (Å²) in [6.45, 7) is 5.43. The van der Waals surface area contributed by atoms with Gasteiger partial charge < -0.3 is 24.9 Å². The molecule has 0 heterocycles. The van der Waals surface area contributed by atoms with E-state index >= 15 is 0 Å². The van der Waals surface area contributed by atoms with Crippen LogP contribution in [0.5, 0.6) is 5.75 Å². The van der Waals surface area contributed by atoms with Crippen molar-refractivity contribution < 1.29 is 19.4 Å². The molecular weight excluding hydrogens is 380 g/mol. The van der Waals surface area contributed by atoms with Gasteiger partial charge in [0.1, 0.15) is 11.8 Å². The molecule has 1 atom stereocenters. The third-order valence-corrected chi connectivity index (χ3v) is 4.65. The molecule has 30 heavy (non-hydrogen) atoms. The Morgan fingerprint density at radius 3 is 2.27 bits per heavy atom. The van der Waals surface area contributed by atoms with E-state index < -0.39 is 17.7 Å². The Balaban J connectivity index is 2.15. The molecule has 0 aliphatic carbocycles. The zero-order chi connectivity index (χ0) is 22.1. The first-order valence-corrected chi connectivity index (χ1v) is 9.88. The summed E-state index contributed by atoms with van der Waals surface area (Å²) in [5, 5.41) is 14.6. The van der Waals surface area contributed by atoms with Crippen LogP contribution in [0.2, 0.25) is 0 Å². The maximum Gasteiger partial charge on any atom is 0.248 e. The first-order chi connectivity index (χ1) is 14.2. The van der Waals surface area contributed by atoms with Crippen LogP contribution in [0.1, 0.15) is 32.8 Å². The van der Waals surface area contributed by atoms with E-state index in [4.69, 9.17) is 4.74 Å². The molecular formula is C24H29N2O4-. The number of carbonyl (C=O) groups excluding carboxylic acids is 2. The predicted octanol–water partition coefficient (Wildman–Crippen LogP) is 3.64. The molecule has 0 bridgehead atoms. The lowest BCUT2D eigenvalue weighted by Gasteiger charge is -2.43. The maximum atomic E-state index is 12.4. The van der Waals surface area contributed by atoms with E-state index in [-0.39, 0.29) is 5.91 Å². The summed E-state index contributed by atoms with van der Waals surface area (Å²) in [4.78, 5) is 25.5. The topological polar surface area (TPSA) is 81.7 Å². The summed E-state index contributed by atoms with van der Waals surface area (Å²) in [6.07, 6.45) is 2.95. The van der Waals surface area contributed by atoms with Gasteiger partial charge in [-0.05, 0) is 63.4 Å². The summed E-state index contributed by atoms with van der Waals surface area (Å²) in [5.41, 5.74) is 1.06. The molecule has 0 saturated carbocycles. The van der Waals surface area contributed by atoms with Gasteiger partial charge in [-0.25, -0.2) is 0 Å². The fraction of sp³-hybridized carbons (Fsp3) is 0.333. The number of carbonyl (C=O) groups is 2. The number of methoxy groups -OCH3 is 1. The number of amides is 2. The van der Waals surface area contributed by atoms with E-state index in [2.05, 4.69) is 5.32 Å². The highest BCUT2D eigenvalue weighted by Crippen LogP contribution is 2.21. The van der Waals surface area contributed by atoms with Gasteiger partial charge >= 0.3 is 0 Å². The number of aryl methyl sites for hydroxylation is 1. The third-order valence-electron chi connectivity index (χ3n) is 4.65. The molecule has 0 spiro atoms. The molecule has 1 N–H and O–H groups in total. The van der Waals surface area contributed by atoms with Gasteiger partial charge in [-0.2, -0.15) is 0 Å². The van der Waals surface area contributed by atoms with E-state index in [1.807, 2.05) is 51.1 Å². The summed E-state index contributed by atoms with van der Waals surface area (Å²) in [5.74, 6) is 0.358. The quantitative estimate of drug-likeness (QED) is 0.675. The molecule has 0 unspecified atom stereocenters. The van der Waals surface area contributed by atoms with Crippen LogP contribution < -0.4 is 15.2 Å². The minimum atomic E-state index is -1.26. The van der Waals surface area contributed by atoms with Gasteiger partial charge in [0.15, 0.2) is 0 Å². The van der Waals surface area contributed by atoms with Crippen molar-refractivity contribution in [2.75, 3.05) is 12.4 Å². The number of nitrogens with one attached hydrogen (secondary N) is 1. The summed E-state index contributed by atoms with van der Waals surface area (Å²) in [6, 6.07) is 16.3. The average Bonchev–Trinajstić information content (AvgIpc) is 2.70. The highest BCUT2D eigenvalue weighted by atomic mass is 16.5. The number of nitrogens with zero attached hydrogens (tertiary/aromatic N) is 1. The number of hydrogen-bond donors (Lipinski definition) is 1. The van der Waals surface area contributed by atoms with Gasteiger partial charge in [-0.3, -0.25) is 4.79 Å². The van der Waals surface area contributed by atoms with E-state index in [1.54, 1.807) is 37.5 Å². The third kappa shape index (κ3) is 6.95. The van der Waals surface area contributed by atoms with E-state index in [0.29, 0.717) is 24.3 Å². The molecule has 0 aromatic heterocycles. The van der Waals surface area contributed by atoms with Crippen molar-refractivity contribution in [1.82, 2.24) is 4.90 Å². The number of rotatable bonds is 8. The molecule has 0 fully saturated rings. The van der Waals surface area contributed by atoms with Gasteiger partial charge in [0, 0.05) is 23.3 Å². The Morgan fingerprint density at radius 1 is 1.10 bits per heavy atom. The van der Waals surface area contributed by atoms with Crippen LogP contribution in [-0.4, -0.2) is 35.6 Å². The van der Waals surface area contributed by atoms with Gasteiger partial charge in [0.05, 0.1) is 7.11 Å². The summed E-state index contributed by atoms with van der Waals surface area (Å²) < 4.78 is 5.10. The molecule has 0 saturated heterocycles. The molecule has 2 aromatic carbocycles. The van der Waals surface area contributed by atoms with E-state index in [1.165, 1.54) is 11.0 Å². The second-order valence-corrected chi connectivity index (χ2v) is 7.98. The Bertz CT molecular complexity index is 855. The minimum Gasteiger partial charge on any atom is -0.530 e. The standard InChI is InChI=1S/C24H30N2O4/c1-24(2,3)26(23(28)29)20(13-10-18-8-6-5-7-9-18)14-17-22(27)25-19-11-15-21(30-4)16-12-19/h5-9,11-12,14-17,20H,10,13H2,1-4H3,(H,25,27)(H,28,29)/p-1/b17-14+/t20-/m0/s1. The molecule has 2 amide bonds. The average molecular weight is 410 g/mol. The van der Waals surface area contributed by atoms with Gasteiger partial charge in [0.2, 0.25) is 5.91 Å². The van der Waals surface area contributed by atoms with Crippen molar-refractivity contribution in [1.29, 1.82) is 0 Å². The van der Waals surface area contributed by atoms with Crippen LogP contribution in [0.15, 0.2) is 66.7 Å². The smallest absolute Gasteiger partial charge is 0.248 e. The maximum absolute atomic E-state index is 12.4. The van der Waals surface area contributed by atoms with E-state index in [9.17, 15) is 14.7 Å². The Kier molecular flexibility index (Phi) is 8.04. The Labute approximate surface area is 178 Å². The second kappa shape index (κ2) is 10.5. The van der Waals surface area contributed by atoms with Crippen molar-refractivity contribution in [3.63, 3.8) is 0 Å². The second-order valence-electron chi connectivity index (χ2n) is 7.98. The Hall–Kier alpha value is -3.28. The molecule has 6 heteroatoms.